The predicted octanol–water partition coefficient (Wildman–Crippen LogP) is 2.91. The van der Waals surface area contributed by atoms with Crippen molar-refractivity contribution in [1.29, 1.82) is 0 Å². The molecule has 2 aliphatic rings. The normalized spacial score (nSPS) is 19.6. The van der Waals surface area contributed by atoms with Crippen LogP contribution in [0, 0.1) is 6.92 Å². The molecule has 33 heavy (non-hydrogen) atoms. The lowest BCUT2D eigenvalue weighted by Gasteiger charge is -2.40. The minimum atomic E-state index is -0.266. The number of piperidine rings is 1. The summed E-state index contributed by atoms with van der Waals surface area (Å²) < 4.78 is 5.43. The molecule has 1 unspecified atom stereocenters. The summed E-state index contributed by atoms with van der Waals surface area (Å²) in [7, 11) is 0. The molecule has 1 atom stereocenters. The molecule has 8 nitrogen and oxygen atoms in total. The van der Waals surface area contributed by atoms with E-state index in [2.05, 4.69) is 22.0 Å². The average molecular weight is 454 g/mol. The molecule has 2 saturated heterocycles. The summed E-state index contributed by atoms with van der Waals surface area (Å²) in [6, 6.07) is 7.84. The minimum Gasteiger partial charge on any atom is -0.339 e. The van der Waals surface area contributed by atoms with E-state index in [9.17, 15) is 9.59 Å². The molecule has 0 bridgehead atoms. The number of aromatic nitrogens is 2. The van der Waals surface area contributed by atoms with E-state index in [1.807, 2.05) is 41.0 Å². The van der Waals surface area contributed by atoms with Gasteiger partial charge in [0, 0.05) is 51.1 Å². The van der Waals surface area contributed by atoms with Crippen molar-refractivity contribution in [2.45, 2.75) is 58.4 Å². The Hall–Kier alpha value is -2.74. The van der Waals surface area contributed by atoms with Gasteiger partial charge in [-0.1, -0.05) is 41.9 Å². The lowest BCUT2D eigenvalue weighted by molar-refractivity contribution is -0.148. The molecule has 0 radical (unpaired) electrons. The van der Waals surface area contributed by atoms with Crippen LogP contribution in [0.1, 0.15) is 50.5 Å². The van der Waals surface area contributed by atoms with Crippen molar-refractivity contribution in [2.24, 2.45) is 0 Å². The van der Waals surface area contributed by atoms with E-state index in [4.69, 9.17) is 4.52 Å². The Kier molecular flexibility index (Phi) is 7.75. The number of benzene rings is 1. The van der Waals surface area contributed by atoms with Crippen LogP contribution in [-0.4, -0.2) is 82.0 Å². The average Bonchev–Trinajstić information content (AvgIpc) is 3.33. The number of likely N-dealkylation sites (tertiary alicyclic amines) is 1. The van der Waals surface area contributed by atoms with Gasteiger partial charge in [-0.15, -0.1) is 0 Å². The van der Waals surface area contributed by atoms with Crippen LogP contribution in [0.3, 0.4) is 0 Å². The fourth-order valence-electron chi connectivity index (χ4n) is 4.72. The highest BCUT2D eigenvalue weighted by Crippen LogP contribution is 2.21. The molecule has 2 aliphatic heterocycles. The maximum absolute atomic E-state index is 13.1. The van der Waals surface area contributed by atoms with E-state index in [0.29, 0.717) is 24.7 Å². The standard InChI is InChI=1S/C25H35N5O3/c1-3-23(31)30-14-5-4-7-21(30)25(32)29-17-15-28(16-18-29)13-6-8-22-26-24(27-33-22)20-11-9-19(2)10-12-20/h9-12,21H,3-8,13-18H2,1-2H3. The molecule has 178 valence electrons. The van der Waals surface area contributed by atoms with Crippen LogP contribution in [0.2, 0.25) is 0 Å². The fraction of sp³-hybridized carbons (Fsp3) is 0.600. The van der Waals surface area contributed by atoms with Gasteiger partial charge in [-0.05, 0) is 39.2 Å². The Morgan fingerprint density at radius 3 is 2.55 bits per heavy atom. The highest BCUT2D eigenvalue weighted by Gasteiger charge is 2.35. The molecule has 1 aromatic carbocycles. The first-order chi connectivity index (χ1) is 16.0. The van der Waals surface area contributed by atoms with Crippen molar-refractivity contribution < 1.29 is 14.1 Å². The first-order valence-corrected chi connectivity index (χ1v) is 12.3. The number of rotatable bonds is 7. The molecule has 8 heteroatoms. The van der Waals surface area contributed by atoms with Crippen molar-refractivity contribution in [2.75, 3.05) is 39.3 Å². The summed E-state index contributed by atoms with van der Waals surface area (Å²) in [6.07, 6.45) is 4.95. The number of aryl methyl sites for hydroxylation is 2. The summed E-state index contributed by atoms with van der Waals surface area (Å²) >= 11 is 0. The lowest BCUT2D eigenvalue weighted by atomic mass is 10.00. The van der Waals surface area contributed by atoms with Crippen molar-refractivity contribution >= 4 is 11.8 Å². The van der Waals surface area contributed by atoms with Gasteiger partial charge in [0.05, 0.1) is 0 Å². The second-order valence-corrected chi connectivity index (χ2v) is 9.10. The van der Waals surface area contributed by atoms with E-state index in [1.54, 1.807) is 0 Å². The van der Waals surface area contributed by atoms with Crippen molar-refractivity contribution in [1.82, 2.24) is 24.8 Å². The molecule has 0 aliphatic carbocycles. The largest absolute Gasteiger partial charge is 0.339 e. The molecular weight excluding hydrogens is 418 g/mol. The summed E-state index contributed by atoms with van der Waals surface area (Å²) in [5, 5.41) is 4.11. The molecule has 0 saturated carbocycles. The first-order valence-electron chi connectivity index (χ1n) is 12.3. The third kappa shape index (κ3) is 5.79. The summed E-state index contributed by atoms with van der Waals surface area (Å²) in [5.41, 5.74) is 2.17. The molecule has 1 aromatic heterocycles. The van der Waals surface area contributed by atoms with Crippen LogP contribution < -0.4 is 0 Å². The van der Waals surface area contributed by atoms with Crippen molar-refractivity contribution in [3.8, 4) is 11.4 Å². The zero-order valence-electron chi connectivity index (χ0n) is 19.8. The Balaban J connectivity index is 1.21. The Morgan fingerprint density at radius 1 is 1.06 bits per heavy atom. The number of hydrogen-bond acceptors (Lipinski definition) is 6. The molecule has 4 rings (SSSR count). The predicted molar refractivity (Wildman–Crippen MR) is 125 cm³/mol. The van der Waals surface area contributed by atoms with Gasteiger partial charge < -0.3 is 14.3 Å². The monoisotopic (exact) mass is 453 g/mol. The maximum atomic E-state index is 13.1. The highest BCUT2D eigenvalue weighted by atomic mass is 16.5. The number of carbonyl (C=O) groups is 2. The fourth-order valence-corrected chi connectivity index (χ4v) is 4.72. The zero-order valence-corrected chi connectivity index (χ0v) is 19.8. The van der Waals surface area contributed by atoms with Crippen LogP contribution >= 0.6 is 0 Å². The van der Waals surface area contributed by atoms with Gasteiger partial charge in [0.25, 0.3) is 0 Å². The molecular formula is C25H35N5O3. The van der Waals surface area contributed by atoms with E-state index >= 15 is 0 Å². The highest BCUT2D eigenvalue weighted by molar-refractivity contribution is 5.88. The number of hydrogen-bond donors (Lipinski definition) is 0. The van der Waals surface area contributed by atoms with E-state index in [-0.39, 0.29) is 17.9 Å². The Bertz CT molecular complexity index is 934. The van der Waals surface area contributed by atoms with Gasteiger partial charge in [-0.25, -0.2) is 0 Å². The lowest BCUT2D eigenvalue weighted by Crippen LogP contribution is -2.57. The Labute approximate surface area is 195 Å². The van der Waals surface area contributed by atoms with Crippen LogP contribution in [-0.2, 0) is 16.0 Å². The summed E-state index contributed by atoms with van der Waals surface area (Å²) in [5.74, 6) is 1.52. The maximum Gasteiger partial charge on any atom is 0.245 e. The minimum absolute atomic E-state index is 0.0956. The summed E-state index contributed by atoms with van der Waals surface area (Å²) in [6.45, 7) is 8.74. The van der Waals surface area contributed by atoms with Gasteiger partial charge in [0.15, 0.2) is 0 Å². The third-order valence-corrected chi connectivity index (χ3v) is 6.74. The zero-order chi connectivity index (χ0) is 23.2. The van der Waals surface area contributed by atoms with E-state index < -0.39 is 0 Å². The van der Waals surface area contributed by atoms with Crippen molar-refractivity contribution in [3.05, 3.63) is 35.7 Å². The molecule has 0 spiro atoms. The third-order valence-electron chi connectivity index (χ3n) is 6.74. The van der Waals surface area contributed by atoms with Gasteiger partial charge in [0.1, 0.15) is 6.04 Å². The molecule has 2 aromatic rings. The molecule has 2 amide bonds. The molecule has 0 N–H and O–H groups in total. The molecule has 3 heterocycles. The van der Waals surface area contributed by atoms with E-state index in [1.165, 1.54) is 5.56 Å². The summed E-state index contributed by atoms with van der Waals surface area (Å²) in [4.78, 5) is 36.1. The smallest absolute Gasteiger partial charge is 0.245 e. The quantitative estimate of drug-likeness (QED) is 0.641. The van der Waals surface area contributed by atoms with Gasteiger partial charge in [-0.2, -0.15) is 4.98 Å². The van der Waals surface area contributed by atoms with Crippen LogP contribution in [0.25, 0.3) is 11.4 Å². The number of nitrogens with zero attached hydrogens (tertiary/aromatic N) is 5. The number of piperazine rings is 1. The van der Waals surface area contributed by atoms with Gasteiger partial charge >= 0.3 is 0 Å². The Morgan fingerprint density at radius 2 is 1.82 bits per heavy atom. The topological polar surface area (TPSA) is 82.8 Å². The van der Waals surface area contributed by atoms with Gasteiger partial charge in [-0.3, -0.25) is 14.5 Å². The second-order valence-electron chi connectivity index (χ2n) is 9.10. The molecule has 2 fully saturated rings. The number of carbonyl (C=O) groups excluding carboxylic acids is 2. The van der Waals surface area contributed by atoms with Crippen LogP contribution in [0.5, 0.6) is 0 Å². The van der Waals surface area contributed by atoms with Crippen molar-refractivity contribution in [3.63, 3.8) is 0 Å². The number of amides is 2. The van der Waals surface area contributed by atoms with Gasteiger partial charge in [0.2, 0.25) is 23.5 Å². The van der Waals surface area contributed by atoms with Crippen LogP contribution in [0.15, 0.2) is 28.8 Å². The van der Waals surface area contributed by atoms with Crippen LogP contribution in [0.4, 0.5) is 0 Å². The first kappa shape index (κ1) is 23.4. The second kappa shape index (κ2) is 10.9. The van der Waals surface area contributed by atoms with E-state index in [0.717, 1.165) is 70.4 Å². The SMILES string of the molecule is CCC(=O)N1CCCCC1C(=O)N1CCN(CCCc2nc(-c3ccc(C)cc3)no2)CC1.